The molecule has 1 aliphatic heterocycles. The number of anilines is 1. The van der Waals surface area contributed by atoms with E-state index in [1.165, 1.54) is 11.3 Å². The molecule has 0 bridgehead atoms. The minimum Gasteiger partial charge on any atom is -0.360 e. The van der Waals surface area contributed by atoms with E-state index in [9.17, 15) is 9.59 Å². The number of carbonyl (C=O) groups is 2. The Morgan fingerprint density at radius 1 is 1.25 bits per heavy atom. The third kappa shape index (κ3) is 4.01. The number of piperazine rings is 1. The lowest BCUT2D eigenvalue weighted by Crippen LogP contribution is -2.50. The second kappa shape index (κ2) is 7.14. The quantitative estimate of drug-likeness (QED) is 0.911. The molecule has 7 nitrogen and oxygen atoms in total. The van der Waals surface area contributed by atoms with Crippen molar-refractivity contribution in [1.29, 1.82) is 0 Å². The Morgan fingerprint density at radius 3 is 2.58 bits per heavy atom. The van der Waals surface area contributed by atoms with Gasteiger partial charge >= 0.3 is 0 Å². The zero-order valence-electron chi connectivity index (χ0n) is 13.7. The molecule has 2 aromatic heterocycles. The Bertz CT molecular complexity index is 731. The maximum atomic E-state index is 12.4. The van der Waals surface area contributed by atoms with E-state index in [0.29, 0.717) is 37.8 Å². The van der Waals surface area contributed by atoms with Crippen molar-refractivity contribution in [3.05, 3.63) is 33.7 Å². The Labute approximate surface area is 144 Å². The van der Waals surface area contributed by atoms with Crippen molar-refractivity contribution in [2.24, 2.45) is 0 Å². The molecule has 0 aromatic carbocycles. The standard InChI is InChI=1S/C16H20N4O3S/c1-11-9-14(18-23-11)17-15(21)10-19-5-7-20(8-6-19)16(22)13-4-3-12(2)24-13/h3-4,9H,5-8,10H2,1-2H3,(H,17,18,21). The number of hydrogen-bond donors (Lipinski definition) is 1. The Balaban J connectivity index is 1.46. The lowest BCUT2D eigenvalue weighted by atomic mass is 10.3. The molecule has 1 fully saturated rings. The molecule has 0 radical (unpaired) electrons. The predicted molar refractivity (Wildman–Crippen MR) is 91.3 cm³/mol. The molecule has 3 rings (SSSR count). The number of nitrogens with zero attached hydrogens (tertiary/aromatic N) is 3. The molecule has 2 amide bonds. The van der Waals surface area contributed by atoms with E-state index in [1.807, 2.05) is 28.9 Å². The summed E-state index contributed by atoms with van der Waals surface area (Å²) in [6.07, 6.45) is 0. The van der Waals surface area contributed by atoms with Crippen LogP contribution in [0.2, 0.25) is 0 Å². The third-order valence-electron chi connectivity index (χ3n) is 3.87. The van der Waals surface area contributed by atoms with Gasteiger partial charge in [-0.1, -0.05) is 5.16 Å². The van der Waals surface area contributed by atoms with Gasteiger partial charge in [0.05, 0.1) is 11.4 Å². The zero-order chi connectivity index (χ0) is 17.1. The Kier molecular flexibility index (Phi) is 4.96. The molecule has 24 heavy (non-hydrogen) atoms. The van der Waals surface area contributed by atoms with Crippen LogP contribution in [0.1, 0.15) is 20.3 Å². The van der Waals surface area contributed by atoms with Gasteiger partial charge in [0.15, 0.2) is 5.82 Å². The summed E-state index contributed by atoms with van der Waals surface area (Å²) in [5, 5.41) is 6.45. The second-order valence-corrected chi connectivity index (χ2v) is 7.14. The monoisotopic (exact) mass is 348 g/mol. The summed E-state index contributed by atoms with van der Waals surface area (Å²) in [7, 11) is 0. The van der Waals surface area contributed by atoms with Crippen molar-refractivity contribution in [3.63, 3.8) is 0 Å². The van der Waals surface area contributed by atoms with Crippen molar-refractivity contribution < 1.29 is 14.1 Å². The molecule has 0 atom stereocenters. The van der Waals surface area contributed by atoms with E-state index in [0.717, 1.165) is 9.75 Å². The number of aryl methyl sites for hydroxylation is 2. The molecular weight excluding hydrogens is 328 g/mol. The predicted octanol–water partition coefficient (Wildman–Crippen LogP) is 1.75. The number of thiophene rings is 1. The fourth-order valence-corrected chi connectivity index (χ4v) is 3.46. The first-order valence-electron chi connectivity index (χ1n) is 7.82. The Morgan fingerprint density at radius 2 is 2.00 bits per heavy atom. The van der Waals surface area contributed by atoms with Crippen LogP contribution in [0.15, 0.2) is 22.7 Å². The van der Waals surface area contributed by atoms with E-state index in [-0.39, 0.29) is 18.4 Å². The number of hydrogen-bond acceptors (Lipinski definition) is 6. The summed E-state index contributed by atoms with van der Waals surface area (Å²) in [4.78, 5) is 30.2. The van der Waals surface area contributed by atoms with Crippen molar-refractivity contribution in [3.8, 4) is 0 Å². The number of rotatable bonds is 4. The van der Waals surface area contributed by atoms with Crippen molar-refractivity contribution in [2.45, 2.75) is 13.8 Å². The van der Waals surface area contributed by atoms with E-state index >= 15 is 0 Å². The van der Waals surface area contributed by atoms with E-state index in [4.69, 9.17) is 4.52 Å². The highest BCUT2D eigenvalue weighted by atomic mass is 32.1. The number of carbonyl (C=O) groups excluding carboxylic acids is 2. The summed E-state index contributed by atoms with van der Waals surface area (Å²) >= 11 is 1.52. The number of nitrogens with one attached hydrogen (secondary N) is 1. The summed E-state index contributed by atoms with van der Waals surface area (Å²) in [6.45, 7) is 6.68. The summed E-state index contributed by atoms with van der Waals surface area (Å²) < 4.78 is 4.92. The van der Waals surface area contributed by atoms with E-state index in [2.05, 4.69) is 10.5 Å². The Hall–Kier alpha value is -2.19. The van der Waals surface area contributed by atoms with Gasteiger partial charge in [-0.05, 0) is 26.0 Å². The molecular formula is C16H20N4O3S. The average molecular weight is 348 g/mol. The van der Waals surface area contributed by atoms with Crippen LogP contribution in [-0.4, -0.2) is 59.5 Å². The van der Waals surface area contributed by atoms with Gasteiger partial charge in [-0.15, -0.1) is 11.3 Å². The second-order valence-electron chi connectivity index (χ2n) is 5.85. The van der Waals surface area contributed by atoms with Crippen LogP contribution in [0.4, 0.5) is 5.82 Å². The highest BCUT2D eigenvalue weighted by Gasteiger charge is 2.24. The van der Waals surface area contributed by atoms with Gasteiger partial charge in [-0.3, -0.25) is 14.5 Å². The van der Waals surface area contributed by atoms with Gasteiger partial charge < -0.3 is 14.7 Å². The summed E-state index contributed by atoms with van der Waals surface area (Å²) in [5.41, 5.74) is 0. The van der Waals surface area contributed by atoms with Crippen LogP contribution in [0.25, 0.3) is 0 Å². The number of amides is 2. The van der Waals surface area contributed by atoms with Crippen molar-refractivity contribution >= 4 is 29.0 Å². The van der Waals surface area contributed by atoms with Crippen LogP contribution in [0.3, 0.4) is 0 Å². The molecule has 2 aromatic rings. The average Bonchev–Trinajstić information content (AvgIpc) is 3.16. The maximum Gasteiger partial charge on any atom is 0.264 e. The smallest absolute Gasteiger partial charge is 0.264 e. The van der Waals surface area contributed by atoms with Crippen LogP contribution < -0.4 is 5.32 Å². The van der Waals surface area contributed by atoms with Crippen LogP contribution in [-0.2, 0) is 4.79 Å². The molecule has 0 aliphatic carbocycles. The van der Waals surface area contributed by atoms with Crippen molar-refractivity contribution in [1.82, 2.24) is 15.0 Å². The molecule has 128 valence electrons. The molecule has 0 spiro atoms. The first-order chi connectivity index (χ1) is 11.5. The molecule has 8 heteroatoms. The SMILES string of the molecule is Cc1cc(NC(=O)CN2CCN(C(=O)c3ccc(C)s3)CC2)no1. The number of aromatic nitrogens is 1. The maximum absolute atomic E-state index is 12.4. The molecule has 1 saturated heterocycles. The lowest BCUT2D eigenvalue weighted by Gasteiger charge is -2.34. The molecule has 1 N–H and O–H groups in total. The van der Waals surface area contributed by atoms with Gasteiger partial charge in [0.1, 0.15) is 5.76 Å². The topological polar surface area (TPSA) is 78.7 Å². The van der Waals surface area contributed by atoms with Crippen LogP contribution >= 0.6 is 11.3 Å². The highest BCUT2D eigenvalue weighted by Crippen LogP contribution is 2.18. The molecule has 3 heterocycles. The fraction of sp³-hybridized carbons (Fsp3) is 0.438. The first kappa shape index (κ1) is 16.7. The molecule has 1 aliphatic rings. The third-order valence-corrected chi connectivity index (χ3v) is 4.86. The van der Waals surface area contributed by atoms with E-state index in [1.54, 1.807) is 13.0 Å². The van der Waals surface area contributed by atoms with Crippen LogP contribution in [0.5, 0.6) is 0 Å². The largest absolute Gasteiger partial charge is 0.360 e. The molecule has 0 unspecified atom stereocenters. The van der Waals surface area contributed by atoms with Crippen LogP contribution in [0, 0.1) is 13.8 Å². The lowest BCUT2D eigenvalue weighted by molar-refractivity contribution is -0.117. The van der Waals surface area contributed by atoms with Gasteiger partial charge in [0, 0.05) is 37.1 Å². The van der Waals surface area contributed by atoms with Gasteiger partial charge in [-0.25, -0.2) is 0 Å². The summed E-state index contributed by atoms with van der Waals surface area (Å²) in [6, 6.07) is 5.52. The van der Waals surface area contributed by atoms with Crippen molar-refractivity contribution in [2.75, 3.05) is 38.0 Å². The molecule has 0 saturated carbocycles. The van der Waals surface area contributed by atoms with E-state index < -0.39 is 0 Å². The fourth-order valence-electron chi connectivity index (χ4n) is 2.63. The minimum absolute atomic E-state index is 0.0790. The minimum atomic E-state index is -0.128. The van der Waals surface area contributed by atoms with Gasteiger partial charge in [-0.2, -0.15) is 0 Å². The van der Waals surface area contributed by atoms with Gasteiger partial charge in [0.2, 0.25) is 5.91 Å². The summed E-state index contributed by atoms with van der Waals surface area (Å²) in [5.74, 6) is 1.04. The van der Waals surface area contributed by atoms with Gasteiger partial charge in [0.25, 0.3) is 5.91 Å². The first-order valence-corrected chi connectivity index (χ1v) is 8.64. The zero-order valence-corrected chi connectivity index (χ0v) is 14.6. The normalized spacial score (nSPS) is 15.5. The highest BCUT2D eigenvalue weighted by molar-refractivity contribution is 7.13.